The van der Waals surface area contributed by atoms with Gasteiger partial charge >= 0.3 is 0 Å². The van der Waals surface area contributed by atoms with Crippen LogP contribution in [0.1, 0.15) is 36.4 Å². The Kier molecular flexibility index (Phi) is 5.50. The fourth-order valence-electron chi connectivity index (χ4n) is 5.72. The van der Waals surface area contributed by atoms with Crippen molar-refractivity contribution in [2.45, 2.75) is 50.9 Å². The van der Waals surface area contributed by atoms with E-state index in [0.29, 0.717) is 37.1 Å². The van der Waals surface area contributed by atoms with Crippen LogP contribution in [-0.4, -0.2) is 46.3 Å². The zero-order valence-electron chi connectivity index (χ0n) is 19.1. The average molecular weight is 465 g/mol. The first-order valence-electron chi connectivity index (χ1n) is 12.2. The molecular weight excluding hydrogens is 435 g/mol. The summed E-state index contributed by atoms with van der Waals surface area (Å²) in [7, 11) is 0. The van der Waals surface area contributed by atoms with E-state index in [4.69, 9.17) is 4.74 Å². The fourth-order valence-corrected chi connectivity index (χ4v) is 5.72. The first-order valence-corrected chi connectivity index (χ1v) is 12.2. The van der Waals surface area contributed by atoms with Gasteiger partial charge < -0.3 is 15.0 Å². The molecule has 8 heteroatoms. The average Bonchev–Trinajstić information content (AvgIpc) is 3.23. The molecule has 3 aliphatic rings. The number of pyridine rings is 2. The van der Waals surface area contributed by atoms with Crippen LogP contribution in [0, 0.1) is 5.82 Å². The maximum Gasteiger partial charge on any atom is 0.252 e. The molecule has 0 amide bonds. The van der Waals surface area contributed by atoms with Gasteiger partial charge in [-0.15, -0.1) is 0 Å². The van der Waals surface area contributed by atoms with Crippen molar-refractivity contribution < 1.29 is 9.13 Å². The number of aryl methyl sites for hydroxylation is 1. The third-order valence-corrected chi connectivity index (χ3v) is 7.53. The second-order valence-electron chi connectivity index (χ2n) is 9.72. The molecule has 3 aromatic rings. The summed E-state index contributed by atoms with van der Waals surface area (Å²) in [6, 6.07) is 10.5. The lowest BCUT2D eigenvalue weighted by atomic mass is 10.0. The van der Waals surface area contributed by atoms with Crippen molar-refractivity contribution in [1.82, 2.24) is 19.4 Å². The minimum absolute atomic E-state index is 0.0392. The molecule has 1 fully saturated rings. The molecule has 0 unspecified atom stereocenters. The molecule has 1 N–H and O–H groups in total. The molecule has 3 aliphatic heterocycles. The number of aromatic nitrogens is 2. The molecule has 6 rings (SSSR count). The van der Waals surface area contributed by atoms with Gasteiger partial charge in [0.15, 0.2) is 0 Å². The fraction of sp³-hybridized carbons (Fsp3) is 0.462. The highest BCUT2D eigenvalue weighted by atomic mass is 19.1. The van der Waals surface area contributed by atoms with Crippen LogP contribution in [0.2, 0.25) is 0 Å². The predicted octanol–water partition coefficient (Wildman–Crippen LogP) is 2.44. The summed E-state index contributed by atoms with van der Waals surface area (Å²) in [5.74, 6) is 0.480. The summed E-state index contributed by atoms with van der Waals surface area (Å²) in [5.41, 5.74) is 2.43. The van der Waals surface area contributed by atoms with Crippen LogP contribution in [-0.2, 0) is 19.5 Å². The molecular formula is C26H29FN4O3. The molecule has 2 aromatic heterocycles. The van der Waals surface area contributed by atoms with Crippen molar-refractivity contribution in [2.24, 2.45) is 0 Å². The van der Waals surface area contributed by atoms with Gasteiger partial charge in [0.25, 0.3) is 11.1 Å². The van der Waals surface area contributed by atoms with E-state index in [9.17, 15) is 14.0 Å². The summed E-state index contributed by atoms with van der Waals surface area (Å²) in [6.45, 7) is 4.27. The third kappa shape index (κ3) is 3.84. The molecule has 0 saturated carbocycles. The number of rotatable bonds is 5. The Morgan fingerprint density at radius 3 is 2.68 bits per heavy atom. The minimum Gasteiger partial charge on any atom is -0.493 e. The van der Waals surface area contributed by atoms with Crippen LogP contribution in [0.5, 0.6) is 5.75 Å². The monoisotopic (exact) mass is 464 g/mol. The lowest BCUT2D eigenvalue weighted by Gasteiger charge is -2.34. The van der Waals surface area contributed by atoms with E-state index >= 15 is 0 Å². The Bertz CT molecular complexity index is 1350. The van der Waals surface area contributed by atoms with Crippen LogP contribution < -0.4 is 21.2 Å². The van der Waals surface area contributed by atoms with E-state index in [2.05, 4.69) is 10.2 Å². The molecule has 178 valence electrons. The van der Waals surface area contributed by atoms with Crippen LogP contribution in [0.25, 0.3) is 11.0 Å². The van der Waals surface area contributed by atoms with Gasteiger partial charge in [0, 0.05) is 54.8 Å². The van der Waals surface area contributed by atoms with Crippen molar-refractivity contribution >= 4 is 11.0 Å². The lowest BCUT2D eigenvalue weighted by molar-refractivity contribution is 0.171. The van der Waals surface area contributed by atoms with E-state index < -0.39 is 0 Å². The summed E-state index contributed by atoms with van der Waals surface area (Å²) in [6.07, 6.45) is 3.85. The number of fused-ring (bicyclic) bond motifs is 1. The highest BCUT2D eigenvalue weighted by Crippen LogP contribution is 2.28. The molecule has 34 heavy (non-hydrogen) atoms. The molecule has 1 aromatic carbocycles. The maximum absolute atomic E-state index is 14.5. The minimum atomic E-state index is -0.207. The van der Waals surface area contributed by atoms with Crippen LogP contribution in [0.15, 0.2) is 46.0 Å². The van der Waals surface area contributed by atoms with Gasteiger partial charge in [-0.25, -0.2) is 4.39 Å². The zero-order chi connectivity index (χ0) is 23.2. The molecule has 1 atom stereocenters. The van der Waals surface area contributed by atoms with Crippen molar-refractivity contribution in [3.8, 4) is 5.75 Å². The lowest BCUT2D eigenvalue weighted by Crippen LogP contribution is -2.44. The first kappa shape index (κ1) is 21.6. The third-order valence-electron chi connectivity index (χ3n) is 7.53. The molecule has 5 heterocycles. The molecule has 0 spiro atoms. The van der Waals surface area contributed by atoms with Crippen LogP contribution in [0.4, 0.5) is 4.39 Å². The maximum atomic E-state index is 14.5. The highest BCUT2D eigenvalue weighted by Gasteiger charge is 2.29. The van der Waals surface area contributed by atoms with Gasteiger partial charge in [-0.1, -0.05) is 0 Å². The molecule has 0 bridgehead atoms. The van der Waals surface area contributed by atoms with E-state index in [1.807, 2.05) is 6.07 Å². The topological polar surface area (TPSA) is 68.5 Å². The molecule has 0 aliphatic carbocycles. The van der Waals surface area contributed by atoms with Gasteiger partial charge in [-0.2, -0.15) is 0 Å². The first-order chi connectivity index (χ1) is 16.6. The van der Waals surface area contributed by atoms with Crippen LogP contribution >= 0.6 is 0 Å². The van der Waals surface area contributed by atoms with Gasteiger partial charge in [0.2, 0.25) is 0 Å². The number of hydrogen-bond donors (Lipinski definition) is 1. The van der Waals surface area contributed by atoms with E-state index in [1.165, 1.54) is 6.07 Å². The number of nitrogens with one attached hydrogen (secondary N) is 1. The van der Waals surface area contributed by atoms with Crippen molar-refractivity contribution in [2.75, 3.05) is 26.2 Å². The largest absolute Gasteiger partial charge is 0.493 e. The molecule has 1 saturated heterocycles. The normalized spacial score (nSPS) is 20.4. The number of hydrogen-bond acceptors (Lipinski definition) is 5. The Hall–Kier alpha value is -2.97. The second-order valence-corrected chi connectivity index (χ2v) is 9.72. The quantitative estimate of drug-likeness (QED) is 0.628. The zero-order valence-corrected chi connectivity index (χ0v) is 19.1. The SMILES string of the molecule is O=c1ccc2ccc(=O)n3c2n1C[C@H]3CN1CCC(NCc2cc3c(cc2F)OCCC3)CC1. The molecule has 7 nitrogen and oxygen atoms in total. The van der Waals surface area contributed by atoms with Gasteiger partial charge in [-0.3, -0.25) is 18.7 Å². The summed E-state index contributed by atoms with van der Waals surface area (Å²) < 4.78 is 23.6. The van der Waals surface area contributed by atoms with Gasteiger partial charge in [0.05, 0.1) is 12.6 Å². The number of halogens is 1. The number of ether oxygens (including phenoxy) is 1. The second kappa shape index (κ2) is 8.67. The number of benzene rings is 1. The van der Waals surface area contributed by atoms with E-state index in [-0.39, 0.29) is 23.0 Å². The summed E-state index contributed by atoms with van der Waals surface area (Å²) >= 11 is 0. The Morgan fingerprint density at radius 1 is 1.06 bits per heavy atom. The van der Waals surface area contributed by atoms with Crippen molar-refractivity contribution in [1.29, 1.82) is 0 Å². The van der Waals surface area contributed by atoms with Crippen molar-refractivity contribution in [3.63, 3.8) is 0 Å². The standard InChI is InChI=1S/C26H29FN4O3/c27-22-13-23-18(2-1-11-34-23)12-19(22)14-28-20-7-9-29(10-8-20)15-21-16-30-24(32)5-3-17-4-6-25(33)31(21)26(17)30/h3-6,12-13,20-21,28H,1-2,7-11,14-16H2/t21-/m1/s1. The smallest absolute Gasteiger partial charge is 0.252 e. The number of likely N-dealkylation sites (tertiary alicyclic amines) is 1. The number of piperidine rings is 1. The van der Waals surface area contributed by atoms with Crippen molar-refractivity contribution in [3.05, 3.63) is 74.0 Å². The van der Waals surface area contributed by atoms with E-state index in [1.54, 1.807) is 33.4 Å². The summed E-state index contributed by atoms with van der Waals surface area (Å²) in [4.78, 5) is 27.4. The van der Waals surface area contributed by atoms with Gasteiger partial charge in [0.1, 0.15) is 17.2 Å². The van der Waals surface area contributed by atoms with Crippen LogP contribution in [0.3, 0.4) is 0 Å². The predicted molar refractivity (Wildman–Crippen MR) is 128 cm³/mol. The Labute approximate surface area is 196 Å². The van der Waals surface area contributed by atoms with E-state index in [0.717, 1.165) is 61.9 Å². The highest BCUT2D eigenvalue weighted by molar-refractivity contribution is 5.76. The Balaban J connectivity index is 1.07. The number of nitrogens with zero attached hydrogens (tertiary/aromatic N) is 3. The molecule has 0 radical (unpaired) electrons. The van der Waals surface area contributed by atoms with Gasteiger partial charge in [-0.05, 0) is 62.5 Å². The Morgan fingerprint density at radius 2 is 1.85 bits per heavy atom. The summed E-state index contributed by atoms with van der Waals surface area (Å²) in [5, 5.41) is 4.46.